The third kappa shape index (κ3) is 3.83. The first kappa shape index (κ1) is 25.9. The van der Waals surface area contributed by atoms with Crippen LogP contribution in [-0.4, -0.2) is 91.2 Å². The van der Waals surface area contributed by atoms with Gasteiger partial charge in [-0.15, -0.1) is 0 Å². The fourth-order valence-corrected chi connectivity index (χ4v) is 7.16. The molecule has 1 saturated carbocycles. The topological polar surface area (TPSA) is 132 Å². The number of cyclic esters (lactones) is 1. The number of Topliss-reactive ketones (excluding diaryl/α,β-unsaturated/α-hetero) is 1. The van der Waals surface area contributed by atoms with Gasteiger partial charge in [0, 0.05) is 49.9 Å². The molecule has 5 aliphatic rings. The number of allylic oxidation sites excluding steroid dienone is 1. The molecule has 0 aromatic heterocycles. The quantitative estimate of drug-likeness (QED) is 0.418. The number of carbonyl (C=O) groups excluding carboxylic acids is 3. The molecule has 6 unspecified atom stereocenters. The highest BCUT2D eigenvalue weighted by atomic mass is 16.6. The van der Waals surface area contributed by atoms with Gasteiger partial charge in [-0.05, 0) is 37.7 Å². The minimum absolute atomic E-state index is 0.00613. The van der Waals surface area contributed by atoms with E-state index < -0.39 is 52.6 Å². The number of ether oxygens (including phenoxy) is 4. The summed E-state index contributed by atoms with van der Waals surface area (Å²) >= 11 is 0. The van der Waals surface area contributed by atoms with Gasteiger partial charge in [-0.3, -0.25) is 9.59 Å². The number of aliphatic hydroxyl groups is 2. The number of morpholine rings is 1. The number of aliphatic hydroxyl groups excluding tert-OH is 2. The smallest absolute Gasteiger partial charge is 0.340 e. The number of carbonyl (C=O) groups is 3. The van der Waals surface area contributed by atoms with E-state index in [1.807, 2.05) is 18.7 Å². The zero-order valence-electron chi connectivity index (χ0n) is 21.7. The third-order valence-corrected chi connectivity index (χ3v) is 9.01. The second-order valence-corrected chi connectivity index (χ2v) is 11.1. The van der Waals surface area contributed by atoms with Gasteiger partial charge >= 0.3 is 11.9 Å². The lowest BCUT2D eigenvalue weighted by molar-refractivity contribution is -0.161. The van der Waals surface area contributed by atoms with Gasteiger partial charge in [0.2, 0.25) is 5.78 Å². The SMILES string of the molecule is COCC1OC(=O)/C(=C\N2CCOCC2)C2=C(O)C(=O)C3=C(C(OC(C)=O)CC4(C)C(O)CCC34)C21C. The van der Waals surface area contributed by atoms with Crippen molar-refractivity contribution in [3.05, 3.63) is 34.3 Å². The zero-order chi connectivity index (χ0) is 26.7. The fourth-order valence-electron chi connectivity index (χ4n) is 7.16. The Morgan fingerprint density at radius 1 is 1.22 bits per heavy atom. The molecule has 2 heterocycles. The highest BCUT2D eigenvalue weighted by Gasteiger charge is 2.64. The van der Waals surface area contributed by atoms with Gasteiger partial charge in [0.25, 0.3) is 0 Å². The van der Waals surface area contributed by atoms with E-state index in [9.17, 15) is 24.6 Å². The van der Waals surface area contributed by atoms with Crippen LogP contribution in [-0.2, 0) is 33.3 Å². The predicted molar refractivity (Wildman–Crippen MR) is 129 cm³/mol. The maximum atomic E-state index is 14.0. The maximum Gasteiger partial charge on any atom is 0.340 e. The molecule has 37 heavy (non-hydrogen) atoms. The van der Waals surface area contributed by atoms with E-state index in [4.69, 9.17) is 18.9 Å². The van der Waals surface area contributed by atoms with Crippen molar-refractivity contribution in [2.75, 3.05) is 40.0 Å². The molecule has 2 saturated heterocycles. The summed E-state index contributed by atoms with van der Waals surface area (Å²) in [7, 11) is 1.48. The number of fused-ring (bicyclic) bond motifs is 4. The largest absolute Gasteiger partial charge is 0.504 e. The number of hydrogen-bond acceptors (Lipinski definition) is 10. The summed E-state index contributed by atoms with van der Waals surface area (Å²) in [6.07, 6.45) is 0.570. The molecular formula is C27H35NO9. The number of methoxy groups -OCH3 is 1. The molecule has 5 rings (SSSR count). The van der Waals surface area contributed by atoms with E-state index in [2.05, 4.69) is 0 Å². The van der Waals surface area contributed by atoms with E-state index in [-0.39, 0.29) is 23.7 Å². The predicted octanol–water partition coefficient (Wildman–Crippen LogP) is 1.58. The molecular weight excluding hydrogens is 482 g/mol. The Morgan fingerprint density at radius 2 is 1.92 bits per heavy atom. The molecule has 0 bridgehead atoms. The molecule has 0 radical (unpaired) electrons. The lowest BCUT2D eigenvalue weighted by Gasteiger charge is -2.54. The summed E-state index contributed by atoms with van der Waals surface area (Å²) in [6.45, 7) is 7.08. The second kappa shape index (κ2) is 9.25. The lowest BCUT2D eigenvalue weighted by atomic mass is 9.53. The van der Waals surface area contributed by atoms with E-state index in [1.165, 1.54) is 14.0 Å². The molecule has 10 nitrogen and oxygen atoms in total. The van der Waals surface area contributed by atoms with Crippen molar-refractivity contribution in [3.63, 3.8) is 0 Å². The zero-order valence-corrected chi connectivity index (χ0v) is 21.7. The van der Waals surface area contributed by atoms with Crippen molar-refractivity contribution in [2.45, 2.75) is 58.3 Å². The summed E-state index contributed by atoms with van der Waals surface area (Å²) < 4.78 is 22.6. The Bertz CT molecular complexity index is 1120. The van der Waals surface area contributed by atoms with Crippen LogP contribution in [0.15, 0.2) is 34.3 Å². The molecule has 0 aromatic carbocycles. The van der Waals surface area contributed by atoms with Crippen LogP contribution in [0.2, 0.25) is 0 Å². The first-order valence-corrected chi connectivity index (χ1v) is 12.9. The maximum absolute atomic E-state index is 14.0. The van der Waals surface area contributed by atoms with Crippen molar-refractivity contribution in [2.24, 2.45) is 16.7 Å². The van der Waals surface area contributed by atoms with Crippen molar-refractivity contribution < 1.29 is 43.5 Å². The first-order chi connectivity index (χ1) is 17.5. The van der Waals surface area contributed by atoms with Gasteiger partial charge in [0.1, 0.15) is 12.2 Å². The standard InChI is InChI=1S/C27H35NO9/c1-14(29)36-17-11-26(2)16(5-6-18(26)30)20-22(17)27(3)19(13-34-4)37-25(33)15(21(27)24(32)23(20)31)12-28-7-9-35-10-8-28/h12,16-19,30,32H,5-11,13H2,1-4H3/b15-12-. The van der Waals surface area contributed by atoms with E-state index >= 15 is 0 Å². The molecule has 0 spiro atoms. The van der Waals surface area contributed by atoms with Crippen molar-refractivity contribution in [1.82, 2.24) is 4.90 Å². The van der Waals surface area contributed by atoms with Crippen LogP contribution in [0.1, 0.15) is 40.0 Å². The highest BCUT2D eigenvalue weighted by molar-refractivity contribution is 6.13. The van der Waals surface area contributed by atoms with Gasteiger partial charge in [-0.2, -0.15) is 0 Å². The molecule has 2 aliphatic heterocycles. The van der Waals surface area contributed by atoms with Crippen LogP contribution in [0.25, 0.3) is 0 Å². The molecule has 10 heteroatoms. The number of hydrogen-bond donors (Lipinski definition) is 2. The average molecular weight is 518 g/mol. The fraction of sp³-hybridized carbons (Fsp3) is 0.667. The van der Waals surface area contributed by atoms with E-state index in [0.717, 1.165) is 0 Å². The molecule has 3 aliphatic carbocycles. The Labute approximate surface area is 215 Å². The Kier molecular flexibility index (Phi) is 6.49. The summed E-state index contributed by atoms with van der Waals surface area (Å²) in [4.78, 5) is 41.4. The van der Waals surface area contributed by atoms with E-state index in [1.54, 1.807) is 6.20 Å². The van der Waals surface area contributed by atoms with Gasteiger partial charge in [-0.25, -0.2) is 4.79 Å². The number of nitrogens with zero attached hydrogens (tertiary/aromatic N) is 1. The van der Waals surface area contributed by atoms with E-state index in [0.29, 0.717) is 56.7 Å². The van der Waals surface area contributed by atoms with Crippen LogP contribution in [0.5, 0.6) is 0 Å². The molecule has 202 valence electrons. The Morgan fingerprint density at radius 3 is 2.57 bits per heavy atom. The lowest BCUT2D eigenvalue weighted by Crippen LogP contribution is -2.57. The van der Waals surface area contributed by atoms with Crippen molar-refractivity contribution in [3.8, 4) is 0 Å². The highest BCUT2D eigenvalue weighted by Crippen LogP contribution is 2.63. The van der Waals surface area contributed by atoms with Crippen LogP contribution < -0.4 is 0 Å². The summed E-state index contributed by atoms with van der Waals surface area (Å²) in [5.41, 5.74) is -0.776. The summed E-state index contributed by atoms with van der Waals surface area (Å²) in [5.74, 6) is -2.63. The average Bonchev–Trinajstić information content (AvgIpc) is 3.14. The molecule has 0 aromatic rings. The Balaban J connectivity index is 1.74. The van der Waals surface area contributed by atoms with Crippen molar-refractivity contribution in [1.29, 1.82) is 0 Å². The molecule has 2 N–H and O–H groups in total. The summed E-state index contributed by atoms with van der Waals surface area (Å²) in [5, 5.41) is 22.4. The third-order valence-electron chi connectivity index (χ3n) is 9.01. The number of rotatable bonds is 4. The van der Waals surface area contributed by atoms with Gasteiger partial charge < -0.3 is 34.1 Å². The summed E-state index contributed by atoms with van der Waals surface area (Å²) in [6, 6.07) is 0. The van der Waals surface area contributed by atoms with Crippen LogP contribution in [0.4, 0.5) is 0 Å². The van der Waals surface area contributed by atoms with Crippen LogP contribution in [0, 0.1) is 16.7 Å². The van der Waals surface area contributed by atoms with Crippen molar-refractivity contribution >= 4 is 17.7 Å². The monoisotopic (exact) mass is 517 g/mol. The molecule has 3 fully saturated rings. The number of ketones is 1. The minimum atomic E-state index is -1.20. The van der Waals surface area contributed by atoms with Crippen LogP contribution >= 0.6 is 0 Å². The minimum Gasteiger partial charge on any atom is -0.504 e. The molecule has 6 atom stereocenters. The number of esters is 2. The van der Waals surface area contributed by atoms with Gasteiger partial charge in [0.05, 0.1) is 36.9 Å². The van der Waals surface area contributed by atoms with Gasteiger partial charge in [-0.1, -0.05) is 6.92 Å². The Hall–Kier alpha value is -2.69. The van der Waals surface area contributed by atoms with Gasteiger partial charge in [0.15, 0.2) is 5.76 Å². The first-order valence-electron chi connectivity index (χ1n) is 12.9. The van der Waals surface area contributed by atoms with Crippen LogP contribution in [0.3, 0.4) is 0 Å². The second-order valence-electron chi connectivity index (χ2n) is 11.1. The normalized spacial score (nSPS) is 38.8. The molecule has 0 amide bonds.